The maximum absolute atomic E-state index is 6.18. The lowest BCUT2D eigenvalue weighted by Gasteiger charge is -2.17. The second-order valence-electron chi connectivity index (χ2n) is 4.15. The third-order valence-corrected chi connectivity index (χ3v) is 3.38. The van der Waals surface area contributed by atoms with Gasteiger partial charge in [0.2, 0.25) is 0 Å². The molecule has 0 aromatic heterocycles. The summed E-state index contributed by atoms with van der Waals surface area (Å²) in [5.74, 6) is 2.05. The van der Waals surface area contributed by atoms with Gasteiger partial charge in [0.15, 0.2) is 0 Å². The van der Waals surface area contributed by atoms with Crippen LogP contribution in [0.3, 0.4) is 0 Å². The third kappa shape index (κ3) is 2.67. The molecular weight excluding hydrogens is 238 g/mol. The van der Waals surface area contributed by atoms with Gasteiger partial charge in [-0.2, -0.15) is 0 Å². The van der Waals surface area contributed by atoms with Crippen LogP contribution < -0.4 is 14.8 Å². The van der Waals surface area contributed by atoms with E-state index in [0.29, 0.717) is 23.3 Å². The summed E-state index contributed by atoms with van der Waals surface area (Å²) < 4.78 is 10.9. The molecule has 1 N–H and O–H groups in total. The van der Waals surface area contributed by atoms with Gasteiger partial charge in [-0.1, -0.05) is 11.6 Å². The minimum atomic E-state index is 0.486. The summed E-state index contributed by atoms with van der Waals surface area (Å²) >= 11 is 6.18. The Labute approximate surface area is 107 Å². The summed E-state index contributed by atoms with van der Waals surface area (Å²) in [6, 6.07) is 3.86. The number of methoxy groups -OCH3 is 1. The van der Waals surface area contributed by atoms with Gasteiger partial charge in [0.1, 0.15) is 11.5 Å². The Kier molecular flexibility index (Phi) is 4.13. The van der Waals surface area contributed by atoms with Crippen LogP contribution in [-0.2, 0) is 0 Å². The summed E-state index contributed by atoms with van der Waals surface area (Å²) in [6.45, 7) is 4.68. The molecule has 0 amide bonds. The van der Waals surface area contributed by atoms with Gasteiger partial charge in [0.25, 0.3) is 0 Å². The molecule has 1 aromatic carbocycles. The molecular formula is C13H18ClNO2. The van der Waals surface area contributed by atoms with E-state index in [-0.39, 0.29) is 0 Å². The van der Waals surface area contributed by atoms with E-state index in [1.54, 1.807) is 7.11 Å². The summed E-state index contributed by atoms with van der Waals surface area (Å²) in [5.41, 5.74) is 1.18. The molecule has 0 aliphatic carbocycles. The van der Waals surface area contributed by atoms with Crippen molar-refractivity contribution in [2.45, 2.75) is 19.3 Å². The molecule has 1 fully saturated rings. The van der Waals surface area contributed by atoms with Crippen LogP contribution in [0.25, 0.3) is 0 Å². The molecule has 1 aliphatic heterocycles. The van der Waals surface area contributed by atoms with Crippen molar-refractivity contribution in [1.29, 1.82) is 0 Å². The van der Waals surface area contributed by atoms with Crippen molar-refractivity contribution in [3.8, 4) is 11.5 Å². The molecule has 0 radical (unpaired) electrons. The first-order chi connectivity index (χ1) is 8.26. The molecule has 17 heavy (non-hydrogen) atoms. The van der Waals surface area contributed by atoms with Gasteiger partial charge in [-0.05, 0) is 26.0 Å². The molecule has 1 atom stereocenters. The largest absolute Gasteiger partial charge is 0.495 e. The predicted molar refractivity (Wildman–Crippen MR) is 69.4 cm³/mol. The fraction of sp³-hybridized carbons (Fsp3) is 0.538. The molecule has 1 saturated heterocycles. The second kappa shape index (κ2) is 5.61. The number of benzene rings is 1. The lowest BCUT2D eigenvalue weighted by Crippen LogP contribution is -2.09. The van der Waals surface area contributed by atoms with Crippen molar-refractivity contribution in [3.63, 3.8) is 0 Å². The van der Waals surface area contributed by atoms with Crippen molar-refractivity contribution >= 4 is 11.6 Å². The van der Waals surface area contributed by atoms with Crippen molar-refractivity contribution < 1.29 is 9.47 Å². The first kappa shape index (κ1) is 12.5. The van der Waals surface area contributed by atoms with Crippen LogP contribution in [0.5, 0.6) is 11.5 Å². The molecule has 0 bridgehead atoms. The van der Waals surface area contributed by atoms with Gasteiger partial charge in [0.05, 0.1) is 18.7 Å². The van der Waals surface area contributed by atoms with E-state index in [4.69, 9.17) is 21.1 Å². The molecule has 94 valence electrons. The summed E-state index contributed by atoms with van der Waals surface area (Å²) in [5, 5.41) is 4.01. The molecule has 3 nitrogen and oxygen atoms in total. The van der Waals surface area contributed by atoms with Gasteiger partial charge in [-0.15, -0.1) is 0 Å². The maximum Gasteiger partial charge on any atom is 0.141 e. The fourth-order valence-electron chi connectivity index (χ4n) is 2.23. The zero-order chi connectivity index (χ0) is 12.3. The Morgan fingerprint density at radius 1 is 1.41 bits per heavy atom. The quantitative estimate of drug-likeness (QED) is 0.898. The SMILES string of the molecule is CCOc1cc(OC)c(Cl)cc1C1CCNC1. The zero-order valence-electron chi connectivity index (χ0n) is 10.3. The van der Waals surface area contributed by atoms with Crippen LogP contribution in [0.2, 0.25) is 5.02 Å². The summed E-state index contributed by atoms with van der Waals surface area (Å²) in [7, 11) is 1.62. The molecule has 2 rings (SSSR count). The molecule has 4 heteroatoms. The molecule has 0 saturated carbocycles. The fourth-order valence-corrected chi connectivity index (χ4v) is 2.48. The van der Waals surface area contributed by atoms with Crippen molar-refractivity contribution in [2.75, 3.05) is 26.8 Å². The Bertz CT molecular complexity index is 389. The van der Waals surface area contributed by atoms with Crippen molar-refractivity contribution in [2.24, 2.45) is 0 Å². The first-order valence-electron chi connectivity index (χ1n) is 5.97. The number of hydrogen-bond acceptors (Lipinski definition) is 3. The number of halogens is 1. The first-order valence-corrected chi connectivity index (χ1v) is 6.35. The lowest BCUT2D eigenvalue weighted by molar-refractivity contribution is 0.330. The summed E-state index contributed by atoms with van der Waals surface area (Å²) in [6.07, 6.45) is 1.13. The van der Waals surface area contributed by atoms with Gasteiger partial charge in [0, 0.05) is 24.1 Å². The van der Waals surface area contributed by atoms with E-state index >= 15 is 0 Å². The van der Waals surface area contributed by atoms with E-state index in [1.165, 1.54) is 5.56 Å². The minimum absolute atomic E-state index is 0.486. The molecule has 1 unspecified atom stereocenters. The third-order valence-electron chi connectivity index (χ3n) is 3.08. The highest BCUT2D eigenvalue weighted by Crippen LogP contribution is 2.38. The molecule has 1 heterocycles. The number of rotatable bonds is 4. The van der Waals surface area contributed by atoms with Crippen LogP contribution in [0.15, 0.2) is 12.1 Å². The minimum Gasteiger partial charge on any atom is -0.495 e. The molecule has 1 aromatic rings. The van der Waals surface area contributed by atoms with Crippen LogP contribution in [-0.4, -0.2) is 26.8 Å². The van der Waals surface area contributed by atoms with E-state index in [1.807, 2.05) is 19.1 Å². The van der Waals surface area contributed by atoms with Crippen LogP contribution in [0.4, 0.5) is 0 Å². The van der Waals surface area contributed by atoms with Gasteiger partial charge >= 0.3 is 0 Å². The van der Waals surface area contributed by atoms with Gasteiger partial charge < -0.3 is 14.8 Å². The Morgan fingerprint density at radius 2 is 2.24 bits per heavy atom. The van der Waals surface area contributed by atoms with E-state index in [9.17, 15) is 0 Å². The Morgan fingerprint density at radius 3 is 2.82 bits per heavy atom. The summed E-state index contributed by atoms with van der Waals surface area (Å²) in [4.78, 5) is 0. The number of nitrogens with one attached hydrogen (secondary N) is 1. The molecule has 1 aliphatic rings. The zero-order valence-corrected chi connectivity index (χ0v) is 11.0. The Balaban J connectivity index is 2.37. The van der Waals surface area contributed by atoms with Gasteiger partial charge in [-0.3, -0.25) is 0 Å². The van der Waals surface area contributed by atoms with Crippen LogP contribution in [0.1, 0.15) is 24.8 Å². The lowest BCUT2D eigenvalue weighted by atomic mass is 9.97. The monoisotopic (exact) mass is 255 g/mol. The van der Waals surface area contributed by atoms with Crippen molar-refractivity contribution in [3.05, 3.63) is 22.7 Å². The Hall–Kier alpha value is -0.930. The number of hydrogen-bond donors (Lipinski definition) is 1. The van der Waals surface area contributed by atoms with Crippen molar-refractivity contribution in [1.82, 2.24) is 5.32 Å². The van der Waals surface area contributed by atoms with Crippen LogP contribution >= 0.6 is 11.6 Å². The average molecular weight is 256 g/mol. The molecule has 0 spiro atoms. The smallest absolute Gasteiger partial charge is 0.141 e. The highest BCUT2D eigenvalue weighted by atomic mass is 35.5. The predicted octanol–water partition coefficient (Wildman–Crippen LogP) is 2.82. The van der Waals surface area contributed by atoms with E-state index < -0.39 is 0 Å². The normalized spacial score (nSPS) is 19.4. The number of ether oxygens (including phenoxy) is 2. The highest BCUT2D eigenvalue weighted by molar-refractivity contribution is 6.32. The average Bonchev–Trinajstić information content (AvgIpc) is 2.84. The standard InChI is InChI=1S/C13H18ClNO2/c1-3-17-12-7-13(16-2)11(14)6-10(12)9-4-5-15-8-9/h6-7,9,15H,3-5,8H2,1-2H3. The van der Waals surface area contributed by atoms with E-state index in [0.717, 1.165) is 25.3 Å². The maximum atomic E-state index is 6.18. The van der Waals surface area contributed by atoms with E-state index in [2.05, 4.69) is 5.32 Å². The topological polar surface area (TPSA) is 30.5 Å². The van der Waals surface area contributed by atoms with Gasteiger partial charge in [-0.25, -0.2) is 0 Å². The van der Waals surface area contributed by atoms with Crippen LogP contribution in [0, 0.1) is 0 Å². The highest BCUT2D eigenvalue weighted by Gasteiger charge is 2.22. The second-order valence-corrected chi connectivity index (χ2v) is 4.55.